The minimum atomic E-state index is -0.157. The molecule has 0 unspecified atom stereocenters. The first-order chi connectivity index (χ1) is 12.9. The number of carbonyl (C=O) groups is 1. The zero-order valence-electron chi connectivity index (χ0n) is 15.4. The molecule has 0 atom stereocenters. The highest BCUT2D eigenvalue weighted by Gasteiger charge is 2.25. The number of fused-ring (bicyclic) bond motifs is 2. The number of amides is 1. The lowest BCUT2D eigenvalue weighted by Gasteiger charge is -2.30. The van der Waals surface area contributed by atoms with Gasteiger partial charge in [0, 0.05) is 33.7 Å². The van der Waals surface area contributed by atoms with Crippen LogP contribution in [0.15, 0.2) is 51.7 Å². The third-order valence-electron chi connectivity index (χ3n) is 5.16. The average molecular weight is 425 g/mol. The summed E-state index contributed by atoms with van der Waals surface area (Å²) in [5.41, 5.74) is 4.28. The van der Waals surface area contributed by atoms with E-state index in [4.69, 9.17) is 0 Å². The summed E-state index contributed by atoms with van der Waals surface area (Å²) in [5, 5.41) is 0.571. The summed E-state index contributed by atoms with van der Waals surface area (Å²) >= 11 is 3.38. The van der Waals surface area contributed by atoms with Crippen molar-refractivity contribution in [3.8, 4) is 0 Å². The van der Waals surface area contributed by atoms with Crippen molar-refractivity contribution >= 4 is 38.4 Å². The van der Waals surface area contributed by atoms with Gasteiger partial charge in [0.05, 0.1) is 0 Å². The molecule has 4 rings (SSSR count). The molecule has 2 heterocycles. The maximum Gasteiger partial charge on any atom is 0.274 e. The molecule has 0 radical (unpaired) electrons. The number of aromatic amines is 1. The highest BCUT2D eigenvalue weighted by Crippen LogP contribution is 2.31. The van der Waals surface area contributed by atoms with Crippen LogP contribution in [0.5, 0.6) is 0 Å². The lowest BCUT2D eigenvalue weighted by molar-refractivity contribution is 0.0980. The predicted octanol–water partition coefficient (Wildman–Crippen LogP) is 5.01. The summed E-state index contributed by atoms with van der Waals surface area (Å²) in [5.74, 6) is 0.299. The predicted molar refractivity (Wildman–Crippen MR) is 113 cm³/mol. The van der Waals surface area contributed by atoms with Gasteiger partial charge in [0.2, 0.25) is 0 Å². The molecule has 5 heteroatoms. The second-order valence-corrected chi connectivity index (χ2v) is 8.26. The van der Waals surface area contributed by atoms with Crippen LogP contribution < -0.4 is 10.3 Å². The summed E-state index contributed by atoms with van der Waals surface area (Å²) in [7, 11) is 0. The third kappa shape index (κ3) is 3.32. The SMILES string of the molecule is CC(C)c1ccc2c(c1)CCCN2C(=O)c1cc(=O)c2cc(Br)ccc2[nH]1. The second kappa shape index (κ2) is 6.97. The second-order valence-electron chi connectivity index (χ2n) is 7.34. The van der Waals surface area contributed by atoms with Crippen molar-refractivity contribution in [3.05, 3.63) is 74.0 Å². The number of rotatable bonds is 2. The first kappa shape index (κ1) is 18.0. The van der Waals surface area contributed by atoms with Crippen molar-refractivity contribution in [2.75, 3.05) is 11.4 Å². The van der Waals surface area contributed by atoms with Crippen LogP contribution in [0.4, 0.5) is 5.69 Å². The van der Waals surface area contributed by atoms with Crippen LogP contribution in [0.25, 0.3) is 10.9 Å². The number of hydrogen-bond acceptors (Lipinski definition) is 2. The topological polar surface area (TPSA) is 53.2 Å². The zero-order valence-corrected chi connectivity index (χ0v) is 17.0. The number of hydrogen-bond donors (Lipinski definition) is 1. The van der Waals surface area contributed by atoms with E-state index < -0.39 is 0 Å². The van der Waals surface area contributed by atoms with Gasteiger partial charge < -0.3 is 9.88 Å². The molecular formula is C22H21BrN2O2. The number of halogens is 1. The number of aromatic nitrogens is 1. The van der Waals surface area contributed by atoms with E-state index in [0.717, 1.165) is 23.0 Å². The molecule has 1 aliphatic rings. The van der Waals surface area contributed by atoms with E-state index in [0.29, 0.717) is 29.1 Å². The smallest absolute Gasteiger partial charge is 0.274 e. The quantitative estimate of drug-likeness (QED) is 0.628. The van der Waals surface area contributed by atoms with Crippen LogP contribution in [-0.4, -0.2) is 17.4 Å². The Bertz CT molecular complexity index is 1100. The Morgan fingerprint density at radius 1 is 1.15 bits per heavy atom. The Hall–Kier alpha value is -2.40. The van der Waals surface area contributed by atoms with E-state index in [1.807, 2.05) is 18.2 Å². The van der Waals surface area contributed by atoms with Crippen molar-refractivity contribution in [3.63, 3.8) is 0 Å². The molecule has 0 bridgehead atoms. The van der Waals surface area contributed by atoms with Gasteiger partial charge in [-0.15, -0.1) is 0 Å². The van der Waals surface area contributed by atoms with Crippen molar-refractivity contribution in [2.45, 2.75) is 32.6 Å². The first-order valence-electron chi connectivity index (χ1n) is 9.21. The van der Waals surface area contributed by atoms with Crippen LogP contribution in [0.3, 0.4) is 0 Å². The molecule has 0 saturated carbocycles. The van der Waals surface area contributed by atoms with Gasteiger partial charge in [-0.2, -0.15) is 0 Å². The lowest BCUT2D eigenvalue weighted by atomic mass is 9.94. The minimum Gasteiger partial charge on any atom is -0.350 e. The molecule has 2 aromatic carbocycles. The minimum absolute atomic E-state index is 0.152. The van der Waals surface area contributed by atoms with Gasteiger partial charge >= 0.3 is 0 Å². The number of nitrogens with one attached hydrogen (secondary N) is 1. The van der Waals surface area contributed by atoms with E-state index in [1.54, 1.807) is 11.0 Å². The Kier molecular flexibility index (Phi) is 4.64. The zero-order chi connectivity index (χ0) is 19.1. The molecule has 0 saturated heterocycles. The summed E-state index contributed by atoms with van der Waals surface area (Å²) in [4.78, 5) is 30.6. The maximum absolute atomic E-state index is 13.2. The highest BCUT2D eigenvalue weighted by molar-refractivity contribution is 9.10. The molecule has 1 amide bonds. The Labute approximate surface area is 166 Å². The van der Waals surface area contributed by atoms with Crippen molar-refractivity contribution in [1.82, 2.24) is 4.98 Å². The van der Waals surface area contributed by atoms with E-state index in [9.17, 15) is 9.59 Å². The number of benzene rings is 2. The van der Waals surface area contributed by atoms with Gasteiger partial charge in [-0.3, -0.25) is 9.59 Å². The summed E-state index contributed by atoms with van der Waals surface area (Å²) in [6.07, 6.45) is 1.90. The largest absolute Gasteiger partial charge is 0.350 e. The fourth-order valence-corrected chi connectivity index (χ4v) is 4.03. The number of aryl methyl sites for hydroxylation is 1. The molecule has 27 heavy (non-hydrogen) atoms. The Balaban J connectivity index is 1.75. The molecule has 4 nitrogen and oxygen atoms in total. The number of nitrogens with zero attached hydrogens (tertiary/aromatic N) is 1. The van der Waals surface area contributed by atoms with Gasteiger partial charge in [0.15, 0.2) is 5.43 Å². The van der Waals surface area contributed by atoms with E-state index in [-0.39, 0.29) is 11.3 Å². The van der Waals surface area contributed by atoms with E-state index in [1.165, 1.54) is 17.2 Å². The van der Waals surface area contributed by atoms with Crippen molar-refractivity contribution < 1.29 is 4.79 Å². The molecule has 1 N–H and O–H groups in total. The summed E-state index contributed by atoms with van der Waals surface area (Å²) < 4.78 is 0.838. The monoisotopic (exact) mass is 424 g/mol. The van der Waals surface area contributed by atoms with Gasteiger partial charge in [-0.1, -0.05) is 41.9 Å². The Morgan fingerprint density at radius 2 is 1.96 bits per heavy atom. The van der Waals surface area contributed by atoms with Gasteiger partial charge in [0.1, 0.15) is 5.69 Å². The molecular weight excluding hydrogens is 404 g/mol. The third-order valence-corrected chi connectivity index (χ3v) is 5.65. The van der Waals surface area contributed by atoms with Crippen LogP contribution >= 0.6 is 15.9 Å². The maximum atomic E-state index is 13.2. The van der Waals surface area contributed by atoms with Gasteiger partial charge in [0.25, 0.3) is 5.91 Å². The summed E-state index contributed by atoms with van der Waals surface area (Å²) in [6, 6.07) is 13.2. The fraction of sp³-hybridized carbons (Fsp3) is 0.273. The molecule has 1 aromatic heterocycles. The average Bonchev–Trinajstić information content (AvgIpc) is 2.66. The van der Waals surface area contributed by atoms with E-state index >= 15 is 0 Å². The number of anilines is 1. The standard InChI is InChI=1S/C22H21BrN2O2/c1-13(2)14-5-8-20-15(10-14)4-3-9-25(20)22(27)19-12-21(26)17-11-16(23)6-7-18(17)24-19/h5-8,10-13H,3-4,9H2,1-2H3,(H,24,26). The van der Waals surface area contributed by atoms with E-state index in [2.05, 4.69) is 46.9 Å². The number of carbonyl (C=O) groups excluding carboxylic acids is 1. The number of H-pyrrole nitrogens is 1. The molecule has 3 aromatic rings. The van der Waals surface area contributed by atoms with Crippen LogP contribution in [-0.2, 0) is 6.42 Å². The molecule has 0 fully saturated rings. The molecule has 1 aliphatic heterocycles. The number of pyridine rings is 1. The van der Waals surface area contributed by atoms with Gasteiger partial charge in [-0.25, -0.2) is 0 Å². The normalized spacial score (nSPS) is 13.9. The lowest BCUT2D eigenvalue weighted by Crippen LogP contribution is -2.36. The Morgan fingerprint density at radius 3 is 2.74 bits per heavy atom. The first-order valence-corrected chi connectivity index (χ1v) is 10.0. The van der Waals surface area contributed by atoms with Crippen molar-refractivity contribution in [2.24, 2.45) is 0 Å². The van der Waals surface area contributed by atoms with Crippen molar-refractivity contribution in [1.29, 1.82) is 0 Å². The molecule has 138 valence electrons. The highest BCUT2D eigenvalue weighted by atomic mass is 79.9. The molecule has 0 aliphatic carbocycles. The molecule has 0 spiro atoms. The van der Waals surface area contributed by atoms with Crippen LogP contribution in [0, 0.1) is 0 Å². The van der Waals surface area contributed by atoms with Crippen LogP contribution in [0.2, 0.25) is 0 Å². The van der Waals surface area contributed by atoms with Crippen LogP contribution in [0.1, 0.15) is 47.8 Å². The fourth-order valence-electron chi connectivity index (χ4n) is 3.67. The summed E-state index contributed by atoms with van der Waals surface area (Å²) in [6.45, 7) is 5.00. The van der Waals surface area contributed by atoms with Gasteiger partial charge in [-0.05, 0) is 54.2 Å².